The number of fused-ring (bicyclic) bond motifs is 1. The Kier molecular flexibility index (Phi) is 3.36. The van der Waals surface area contributed by atoms with E-state index >= 15 is 0 Å². The summed E-state index contributed by atoms with van der Waals surface area (Å²) >= 11 is 0. The van der Waals surface area contributed by atoms with Crippen molar-refractivity contribution in [2.24, 2.45) is 5.73 Å². The Morgan fingerprint density at radius 3 is 2.70 bits per heavy atom. The van der Waals surface area contributed by atoms with Crippen molar-refractivity contribution < 1.29 is 9.47 Å². The van der Waals surface area contributed by atoms with Crippen LogP contribution in [-0.2, 0) is 0 Å². The second kappa shape index (κ2) is 5.17. The average Bonchev–Trinajstić information content (AvgIpc) is 2.47. The first-order chi connectivity index (χ1) is 9.69. The minimum Gasteiger partial charge on any atom is -0.497 e. The fourth-order valence-corrected chi connectivity index (χ4v) is 2.75. The molecule has 0 spiro atoms. The molecule has 3 nitrogen and oxygen atoms in total. The van der Waals surface area contributed by atoms with Crippen molar-refractivity contribution in [2.75, 3.05) is 7.11 Å². The van der Waals surface area contributed by atoms with E-state index in [1.165, 1.54) is 11.1 Å². The van der Waals surface area contributed by atoms with E-state index in [4.69, 9.17) is 15.2 Å². The maximum absolute atomic E-state index is 6.29. The first-order valence-corrected chi connectivity index (χ1v) is 6.84. The maximum Gasteiger partial charge on any atom is 0.128 e. The van der Waals surface area contributed by atoms with Crippen LogP contribution in [0.25, 0.3) is 0 Å². The van der Waals surface area contributed by atoms with Gasteiger partial charge in [0.2, 0.25) is 0 Å². The van der Waals surface area contributed by atoms with E-state index in [1.54, 1.807) is 7.11 Å². The van der Waals surface area contributed by atoms with Crippen molar-refractivity contribution >= 4 is 0 Å². The van der Waals surface area contributed by atoms with Crippen LogP contribution in [-0.4, -0.2) is 7.11 Å². The highest BCUT2D eigenvalue weighted by atomic mass is 16.5. The molecular weight excluding hydrogens is 250 g/mol. The maximum atomic E-state index is 6.29. The van der Waals surface area contributed by atoms with Crippen molar-refractivity contribution in [2.45, 2.75) is 25.5 Å². The molecule has 2 atom stereocenters. The Labute approximate surface area is 119 Å². The highest BCUT2D eigenvalue weighted by Crippen LogP contribution is 2.41. The standard InChI is InChI=1S/C17H19NO2/c1-11-5-3-4-6-13(11)17-10-15(18)14-8-7-12(19-2)9-16(14)20-17/h3-9,15,17H,10,18H2,1-2H3. The summed E-state index contributed by atoms with van der Waals surface area (Å²) in [7, 11) is 1.66. The van der Waals surface area contributed by atoms with Gasteiger partial charge in [-0.2, -0.15) is 0 Å². The summed E-state index contributed by atoms with van der Waals surface area (Å²) in [5.74, 6) is 1.62. The van der Waals surface area contributed by atoms with Gasteiger partial charge in [0.25, 0.3) is 0 Å². The van der Waals surface area contributed by atoms with E-state index in [-0.39, 0.29) is 12.1 Å². The molecule has 2 unspecified atom stereocenters. The molecule has 1 aliphatic rings. The number of aryl methyl sites for hydroxylation is 1. The third-order valence-electron chi connectivity index (χ3n) is 3.89. The quantitative estimate of drug-likeness (QED) is 0.907. The predicted molar refractivity (Wildman–Crippen MR) is 79.1 cm³/mol. The lowest BCUT2D eigenvalue weighted by Gasteiger charge is -2.31. The van der Waals surface area contributed by atoms with Gasteiger partial charge < -0.3 is 15.2 Å². The second-order valence-corrected chi connectivity index (χ2v) is 5.21. The van der Waals surface area contributed by atoms with Gasteiger partial charge in [0.15, 0.2) is 0 Å². The van der Waals surface area contributed by atoms with Crippen LogP contribution < -0.4 is 15.2 Å². The minimum atomic E-state index is -0.00531. The number of benzene rings is 2. The van der Waals surface area contributed by atoms with Crippen molar-refractivity contribution in [3.63, 3.8) is 0 Å². The highest BCUT2D eigenvalue weighted by molar-refractivity contribution is 5.45. The molecule has 2 aromatic carbocycles. The molecule has 2 N–H and O–H groups in total. The molecule has 3 heteroatoms. The zero-order chi connectivity index (χ0) is 14.1. The zero-order valence-electron chi connectivity index (χ0n) is 11.8. The van der Waals surface area contributed by atoms with Gasteiger partial charge in [-0.15, -0.1) is 0 Å². The van der Waals surface area contributed by atoms with Crippen LogP contribution in [0.3, 0.4) is 0 Å². The molecular formula is C17H19NO2. The lowest BCUT2D eigenvalue weighted by atomic mass is 9.91. The average molecular weight is 269 g/mol. The number of methoxy groups -OCH3 is 1. The number of nitrogens with two attached hydrogens (primary N) is 1. The minimum absolute atomic E-state index is 0.00531. The normalized spacial score (nSPS) is 20.9. The van der Waals surface area contributed by atoms with E-state index in [1.807, 2.05) is 30.3 Å². The van der Waals surface area contributed by atoms with Crippen LogP contribution >= 0.6 is 0 Å². The lowest BCUT2D eigenvalue weighted by molar-refractivity contribution is 0.160. The second-order valence-electron chi connectivity index (χ2n) is 5.21. The van der Waals surface area contributed by atoms with E-state index in [0.29, 0.717) is 0 Å². The summed E-state index contributed by atoms with van der Waals surface area (Å²) in [5, 5.41) is 0. The molecule has 2 aromatic rings. The molecule has 0 saturated carbocycles. The van der Waals surface area contributed by atoms with Crippen molar-refractivity contribution in [3.05, 3.63) is 59.2 Å². The molecule has 1 heterocycles. The first kappa shape index (κ1) is 13.0. The Morgan fingerprint density at radius 2 is 1.95 bits per heavy atom. The molecule has 0 saturated heterocycles. The Bertz CT molecular complexity index is 624. The van der Waals surface area contributed by atoms with Crippen LogP contribution in [0.15, 0.2) is 42.5 Å². The largest absolute Gasteiger partial charge is 0.497 e. The molecule has 3 rings (SSSR count). The van der Waals surface area contributed by atoms with Crippen LogP contribution in [0.4, 0.5) is 0 Å². The van der Waals surface area contributed by atoms with E-state index in [2.05, 4.69) is 19.1 Å². The zero-order valence-corrected chi connectivity index (χ0v) is 11.8. The Morgan fingerprint density at radius 1 is 1.15 bits per heavy atom. The molecule has 0 amide bonds. The molecule has 20 heavy (non-hydrogen) atoms. The number of rotatable bonds is 2. The third-order valence-corrected chi connectivity index (χ3v) is 3.89. The fourth-order valence-electron chi connectivity index (χ4n) is 2.75. The molecule has 0 aliphatic carbocycles. The molecule has 104 valence electrons. The molecule has 1 aliphatic heterocycles. The van der Waals surface area contributed by atoms with Gasteiger partial charge in [-0.25, -0.2) is 0 Å². The number of ether oxygens (including phenoxy) is 2. The summed E-state index contributed by atoms with van der Waals surface area (Å²) in [6, 6.07) is 14.1. The number of hydrogen-bond acceptors (Lipinski definition) is 3. The number of hydrogen-bond donors (Lipinski definition) is 1. The monoisotopic (exact) mass is 269 g/mol. The topological polar surface area (TPSA) is 44.5 Å². The summed E-state index contributed by atoms with van der Waals surface area (Å²) in [4.78, 5) is 0. The summed E-state index contributed by atoms with van der Waals surface area (Å²) in [6.45, 7) is 2.10. The Hall–Kier alpha value is -2.00. The molecule has 0 radical (unpaired) electrons. The molecule has 0 aromatic heterocycles. The van der Waals surface area contributed by atoms with Crippen molar-refractivity contribution in [1.29, 1.82) is 0 Å². The van der Waals surface area contributed by atoms with E-state index in [0.717, 1.165) is 23.5 Å². The summed E-state index contributed by atoms with van der Waals surface area (Å²) < 4.78 is 11.4. The molecule has 0 fully saturated rings. The van der Waals surface area contributed by atoms with Crippen LogP contribution in [0.2, 0.25) is 0 Å². The Balaban J connectivity index is 1.97. The van der Waals surface area contributed by atoms with Crippen LogP contribution in [0, 0.1) is 6.92 Å². The summed E-state index contributed by atoms with van der Waals surface area (Å²) in [5.41, 5.74) is 9.78. The van der Waals surface area contributed by atoms with Gasteiger partial charge >= 0.3 is 0 Å². The van der Waals surface area contributed by atoms with Gasteiger partial charge in [-0.1, -0.05) is 30.3 Å². The third kappa shape index (κ3) is 2.25. The molecule has 0 bridgehead atoms. The van der Waals surface area contributed by atoms with Crippen molar-refractivity contribution in [1.82, 2.24) is 0 Å². The fraction of sp³-hybridized carbons (Fsp3) is 0.294. The van der Waals surface area contributed by atoms with Crippen molar-refractivity contribution in [3.8, 4) is 11.5 Å². The van der Waals surface area contributed by atoms with Gasteiger partial charge in [0.05, 0.1) is 7.11 Å². The van der Waals surface area contributed by atoms with Gasteiger partial charge in [-0.05, 0) is 24.1 Å². The predicted octanol–water partition coefficient (Wildman–Crippen LogP) is 3.53. The van der Waals surface area contributed by atoms with E-state index in [9.17, 15) is 0 Å². The van der Waals surface area contributed by atoms with Crippen LogP contribution in [0.5, 0.6) is 11.5 Å². The lowest BCUT2D eigenvalue weighted by Crippen LogP contribution is -2.24. The van der Waals surface area contributed by atoms with Gasteiger partial charge in [-0.3, -0.25) is 0 Å². The SMILES string of the molecule is COc1ccc2c(c1)OC(c1ccccc1C)CC2N. The first-order valence-electron chi connectivity index (χ1n) is 6.84. The van der Waals surface area contributed by atoms with E-state index < -0.39 is 0 Å². The smallest absolute Gasteiger partial charge is 0.128 e. The van der Waals surface area contributed by atoms with Crippen LogP contribution in [0.1, 0.15) is 35.3 Å². The summed E-state index contributed by atoms with van der Waals surface area (Å²) in [6.07, 6.45) is 0.801. The highest BCUT2D eigenvalue weighted by Gasteiger charge is 2.28. The van der Waals surface area contributed by atoms with Gasteiger partial charge in [0.1, 0.15) is 17.6 Å². The van der Waals surface area contributed by atoms with Gasteiger partial charge in [0, 0.05) is 24.1 Å².